The molecule has 16 nitrogen and oxygen atoms in total. The average molecular weight is 658 g/mol. The van der Waals surface area contributed by atoms with Gasteiger partial charge in [-0.1, -0.05) is 6.07 Å². The number of carbonyl (C=O) groups is 6. The van der Waals surface area contributed by atoms with Crippen molar-refractivity contribution in [2.24, 2.45) is 0 Å². The molecule has 3 heterocycles. The number of hydrogen-bond acceptors (Lipinski definition) is 8. The summed E-state index contributed by atoms with van der Waals surface area (Å²) >= 11 is 0. The Morgan fingerprint density at radius 1 is 0.957 bits per heavy atom. The van der Waals surface area contributed by atoms with Crippen molar-refractivity contribution in [2.75, 3.05) is 39.3 Å². The van der Waals surface area contributed by atoms with Crippen LogP contribution in [0.1, 0.15) is 49.0 Å². The van der Waals surface area contributed by atoms with E-state index in [1.54, 1.807) is 0 Å². The number of nitrogens with one attached hydrogen (secondary N) is 2. The number of aromatic nitrogens is 2. The Morgan fingerprint density at radius 3 is 2.34 bits per heavy atom. The molecule has 2 atom stereocenters. The molecule has 17 heteroatoms. The Kier molecular flexibility index (Phi) is 10.2. The summed E-state index contributed by atoms with van der Waals surface area (Å²) in [4.78, 5) is 78.7. The third-order valence-corrected chi connectivity index (χ3v) is 8.26. The van der Waals surface area contributed by atoms with Gasteiger partial charge in [0.05, 0.1) is 5.69 Å². The van der Waals surface area contributed by atoms with Crippen LogP contribution in [0.15, 0.2) is 30.3 Å². The number of carboxylic acid groups (broad SMARTS) is 2. The van der Waals surface area contributed by atoms with Gasteiger partial charge in [0.1, 0.15) is 17.9 Å². The molecule has 0 spiro atoms. The summed E-state index contributed by atoms with van der Waals surface area (Å²) in [6.07, 6.45) is 1.45. The second-order valence-electron chi connectivity index (χ2n) is 11.6. The second-order valence-corrected chi connectivity index (χ2v) is 11.6. The van der Waals surface area contributed by atoms with Gasteiger partial charge in [0.25, 0.3) is 11.8 Å². The van der Waals surface area contributed by atoms with Crippen LogP contribution in [0.3, 0.4) is 0 Å². The van der Waals surface area contributed by atoms with Crippen LogP contribution in [0.4, 0.5) is 9.18 Å². The minimum absolute atomic E-state index is 0.102. The molecule has 252 valence electrons. The third kappa shape index (κ3) is 8.33. The van der Waals surface area contributed by atoms with Gasteiger partial charge in [0.2, 0.25) is 17.7 Å². The Balaban J connectivity index is 1.24. The molecule has 0 unspecified atom stereocenters. The summed E-state index contributed by atoms with van der Waals surface area (Å²) in [5, 5.41) is 28.3. The molecule has 4 N–H and O–H groups in total. The number of benzene rings is 1. The molecule has 1 aliphatic carbocycles. The van der Waals surface area contributed by atoms with E-state index in [1.807, 2.05) is 0 Å². The average Bonchev–Trinajstić information content (AvgIpc) is 3.54. The lowest BCUT2D eigenvalue weighted by Gasteiger charge is -2.33. The van der Waals surface area contributed by atoms with Crippen LogP contribution in [0.25, 0.3) is 5.69 Å². The van der Waals surface area contributed by atoms with Gasteiger partial charge in [-0.2, -0.15) is 5.10 Å². The van der Waals surface area contributed by atoms with Crippen molar-refractivity contribution in [3.05, 3.63) is 41.8 Å². The van der Waals surface area contributed by atoms with E-state index in [0.29, 0.717) is 19.4 Å². The zero-order valence-electron chi connectivity index (χ0n) is 25.5. The standard InChI is InChI=1S/C30H36FN7O9/c31-18-3-1-4-20(15-18)38-26(47-17-25(40)37-10-2-5-23(37)28(42)32-19-6-7-19)16-22(34-38)27(41)33-21(29(43)44)8-9-24(39)35-11-13-36(14-12-35)30(45)46/h1,3-4,15-16,19,21,23H,2,5-14,17H2,(H,32,42)(H,33,41)(H,43,44)(H,45,46)/t21-,23-/m0/s1. The van der Waals surface area contributed by atoms with Crippen LogP contribution < -0.4 is 15.4 Å². The number of rotatable bonds is 12. The molecular formula is C30H36FN7O9. The maximum atomic E-state index is 14.1. The summed E-state index contributed by atoms with van der Waals surface area (Å²) in [7, 11) is 0. The number of likely N-dealkylation sites (tertiary alicyclic amines) is 1. The normalized spacial score (nSPS) is 18.4. The highest BCUT2D eigenvalue weighted by atomic mass is 19.1. The Labute approximate surface area is 268 Å². The third-order valence-electron chi connectivity index (χ3n) is 8.26. The van der Waals surface area contributed by atoms with Crippen molar-refractivity contribution in [3.63, 3.8) is 0 Å². The second kappa shape index (κ2) is 14.5. The van der Waals surface area contributed by atoms with Crippen LogP contribution >= 0.6 is 0 Å². The van der Waals surface area contributed by atoms with Gasteiger partial charge in [0.15, 0.2) is 12.3 Å². The van der Waals surface area contributed by atoms with Crippen LogP contribution in [-0.2, 0) is 19.2 Å². The summed E-state index contributed by atoms with van der Waals surface area (Å²) < 4.78 is 20.9. The molecule has 3 aliphatic rings. The molecular weight excluding hydrogens is 621 g/mol. The van der Waals surface area contributed by atoms with Gasteiger partial charge in [-0.15, -0.1) is 0 Å². The van der Waals surface area contributed by atoms with E-state index >= 15 is 0 Å². The number of carbonyl (C=O) groups excluding carboxylic acids is 4. The van der Waals surface area contributed by atoms with E-state index in [9.17, 15) is 38.3 Å². The van der Waals surface area contributed by atoms with Gasteiger partial charge < -0.3 is 40.3 Å². The maximum absolute atomic E-state index is 14.1. The van der Waals surface area contributed by atoms with Crippen molar-refractivity contribution >= 4 is 35.7 Å². The molecule has 47 heavy (non-hydrogen) atoms. The number of ether oxygens (including phenoxy) is 1. The molecule has 2 saturated heterocycles. The summed E-state index contributed by atoms with van der Waals surface area (Å²) in [5.74, 6) is -4.06. The van der Waals surface area contributed by atoms with E-state index in [4.69, 9.17) is 9.84 Å². The molecule has 0 radical (unpaired) electrons. The number of hydrogen-bond donors (Lipinski definition) is 4. The Morgan fingerprint density at radius 2 is 1.68 bits per heavy atom. The summed E-state index contributed by atoms with van der Waals surface area (Å²) in [6.45, 7) is 0.487. The Hall–Kier alpha value is -5.22. The fourth-order valence-corrected chi connectivity index (χ4v) is 5.51. The van der Waals surface area contributed by atoms with Gasteiger partial charge in [-0.05, 0) is 50.3 Å². The van der Waals surface area contributed by atoms with Gasteiger partial charge in [-0.3, -0.25) is 19.2 Å². The van der Waals surface area contributed by atoms with Crippen LogP contribution in [0, 0.1) is 5.82 Å². The van der Waals surface area contributed by atoms with Gasteiger partial charge in [0, 0.05) is 51.3 Å². The van der Waals surface area contributed by atoms with Crippen molar-refractivity contribution < 1.29 is 48.1 Å². The van der Waals surface area contributed by atoms with E-state index in [-0.39, 0.29) is 74.1 Å². The topological polar surface area (TPSA) is 204 Å². The largest absolute Gasteiger partial charge is 0.480 e. The van der Waals surface area contributed by atoms with E-state index < -0.39 is 48.4 Å². The number of carboxylic acids is 1. The highest BCUT2D eigenvalue weighted by molar-refractivity contribution is 5.95. The van der Waals surface area contributed by atoms with Crippen molar-refractivity contribution in [2.45, 2.75) is 56.7 Å². The zero-order chi connectivity index (χ0) is 33.7. The highest BCUT2D eigenvalue weighted by Gasteiger charge is 2.37. The fraction of sp³-hybridized carbons (Fsp3) is 0.500. The smallest absolute Gasteiger partial charge is 0.407 e. The minimum atomic E-state index is -1.47. The Bertz CT molecular complexity index is 1540. The quantitative estimate of drug-likeness (QED) is 0.248. The SMILES string of the molecule is O=C(N[C@@H](CCC(=O)N1CCN(C(=O)O)CC1)C(=O)O)c1cc(OCC(=O)N2CCC[C@H]2C(=O)NC2CC2)n(-c2cccc(F)c2)n1. The molecule has 3 fully saturated rings. The van der Waals surface area contributed by atoms with Gasteiger partial charge in [-0.25, -0.2) is 18.7 Å². The number of piperazine rings is 1. The predicted octanol–water partition coefficient (Wildman–Crippen LogP) is 0.445. The number of nitrogens with zero attached hydrogens (tertiary/aromatic N) is 5. The first-order chi connectivity index (χ1) is 22.5. The van der Waals surface area contributed by atoms with E-state index in [1.165, 1.54) is 39.0 Å². The molecule has 0 bridgehead atoms. The number of aliphatic carboxylic acids is 1. The molecule has 2 aromatic rings. The molecule has 1 aromatic heterocycles. The monoisotopic (exact) mass is 657 g/mol. The fourth-order valence-electron chi connectivity index (χ4n) is 5.51. The predicted molar refractivity (Wildman–Crippen MR) is 159 cm³/mol. The summed E-state index contributed by atoms with van der Waals surface area (Å²) in [5.41, 5.74) is -0.125. The first-order valence-corrected chi connectivity index (χ1v) is 15.4. The van der Waals surface area contributed by atoms with Gasteiger partial charge >= 0.3 is 12.1 Å². The lowest BCUT2D eigenvalue weighted by atomic mass is 10.1. The zero-order valence-corrected chi connectivity index (χ0v) is 25.5. The van der Waals surface area contributed by atoms with E-state index in [2.05, 4.69) is 15.7 Å². The first-order valence-electron chi connectivity index (χ1n) is 15.4. The molecule has 2 aliphatic heterocycles. The van der Waals surface area contributed by atoms with Crippen molar-refractivity contribution in [1.82, 2.24) is 35.1 Å². The molecule has 5 amide bonds. The lowest BCUT2D eigenvalue weighted by molar-refractivity contribution is -0.140. The van der Waals surface area contributed by atoms with Crippen molar-refractivity contribution in [1.29, 1.82) is 0 Å². The highest BCUT2D eigenvalue weighted by Crippen LogP contribution is 2.24. The van der Waals surface area contributed by atoms with Crippen LogP contribution in [-0.4, -0.2) is 128 Å². The first kappa shape index (κ1) is 33.2. The lowest BCUT2D eigenvalue weighted by Crippen LogP contribution is -2.50. The van der Waals surface area contributed by atoms with Crippen LogP contribution in [0.5, 0.6) is 5.88 Å². The maximum Gasteiger partial charge on any atom is 0.407 e. The molecule has 1 aromatic carbocycles. The summed E-state index contributed by atoms with van der Waals surface area (Å²) in [6, 6.07) is 4.48. The van der Waals surface area contributed by atoms with Crippen molar-refractivity contribution in [3.8, 4) is 11.6 Å². The van der Waals surface area contributed by atoms with E-state index in [0.717, 1.165) is 23.6 Å². The number of halogens is 1. The minimum Gasteiger partial charge on any atom is -0.480 e. The molecule has 1 saturated carbocycles. The molecule has 5 rings (SSSR count). The van der Waals surface area contributed by atoms with Crippen LogP contribution in [0.2, 0.25) is 0 Å². The number of amides is 5.